The van der Waals surface area contributed by atoms with Gasteiger partial charge >= 0.3 is 0 Å². The monoisotopic (exact) mass is 310 g/mol. The fourth-order valence-corrected chi connectivity index (χ4v) is 3.52. The van der Waals surface area contributed by atoms with Crippen molar-refractivity contribution in [3.63, 3.8) is 0 Å². The van der Waals surface area contributed by atoms with Crippen molar-refractivity contribution in [1.29, 1.82) is 5.26 Å². The van der Waals surface area contributed by atoms with Gasteiger partial charge < -0.3 is 5.73 Å². The zero-order valence-corrected chi connectivity index (χ0v) is 13.5. The fraction of sp³-hybridized carbons (Fsp3) is 0.294. The summed E-state index contributed by atoms with van der Waals surface area (Å²) in [7, 11) is 0. The van der Waals surface area contributed by atoms with Gasteiger partial charge in [0.25, 0.3) is 0 Å². The summed E-state index contributed by atoms with van der Waals surface area (Å²) in [5.74, 6) is 2.48. The van der Waals surface area contributed by atoms with Crippen LogP contribution >= 0.6 is 11.8 Å². The third-order valence-corrected chi connectivity index (χ3v) is 4.71. The first kappa shape index (κ1) is 14.7. The Balaban J connectivity index is 2.16. The molecule has 0 fully saturated rings. The molecular weight excluding hydrogens is 292 g/mol. The van der Waals surface area contributed by atoms with Gasteiger partial charge in [0, 0.05) is 17.1 Å². The Bertz CT molecular complexity index is 737. The van der Waals surface area contributed by atoms with Crippen LogP contribution < -0.4 is 10.7 Å². The minimum absolute atomic E-state index is 0.354. The van der Waals surface area contributed by atoms with Crippen molar-refractivity contribution in [3.05, 3.63) is 52.9 Å². The van der Waals surface area contributed by atoms with Crippen molar-refractivity contribution < 1.29 is 0 Å². The van der Waals surface area contributed by atoms with E-state index in [1.54, 1.807) is 16.8 Å². The van der Waals surface area contributed by atoms with Crippen LogP contribution in [0.4, 0.5) is 5.69 Å². The van der Waals surface area contributed by atoms with Gasteiger partial charge in [-0.3, -0.25) is 0 Å². The van der Waals surface area contributed by atoms with Gasteiger partial charge in [-0.2, -0.15) is 22.1 Å². The van der Waals surface area contributed by atoms with E-state index in [0.717, 1.165) is 28.5 Å². The standard InChI is InChI=1S/C17H18N4S/c1-11(2)12-5-3-4-6-16(12)21-17(19)14(9-18)13-7-8-22-10-15(13)20-21/h3-7,11H,8,10,19H2,1-2H3. The number of hydrogen-bond donors (Lipinski definition) is 1. The SMILES string of the molecule is CC(C)c1ccccc1N1N=C2CSCC=C2C(C#N)=C1N. The van der Waals surface area contributed by atoms with E-state index in [9.17, 15) is 5.26 Å². The molecule has 2 aliphatic heterocycles. The number of hydrazone groups is 1. The Hall–Kier alpha value is -2.19. The second kappa shape index (κ2) is 5.90. The second-order valence-corrected chi connectivity index (χ2v) is 6.61. The van der Waals surface area contributed by atoms with Crippen molar-refractivity contribution in [1.82, 2.24) is 0 Å². The van der Waals surface area contributed by atoms with Crippen molar-refractivity contribution in [2.75, 3.05) is 16.5 Å². The third kappa shape index (κ3) is 2.40. The van der Waals surface area contributed by atoms with Crippen LogP contribution in [0.25, 0.3) is 0 Å². The van der Waals surface area contributed by atoms with Gasteiger partial charge in [0.05, 0.1) is 11.4 Å². The molecule has 0 aliphatic carbocycles. The number of nitrogens with two attached hydrogens (primary N) is 1. The van der Waals surface area contributed by atoms with E-state index in [1.165, 1.54) is 5.56 Å². The Morgan fingerprint density at radius 2 is 2.14 bits per heavy atom. The molecule has 5 heteroatoms. The van der Waals surface area contributed by atoms with Crippen molar-refractivity contribution in [2.45, 2.75) is 19.8 Å². The van der Waals surface area contributed by atoms with E-state index in [1.807, 2.05) is 24.3 Å². The molecule has 2 heterocycles. The Morgan fingerprint density at radius 1 is 1.36 bits per heavy atom. The van der Waals surface area contributed by atoms with Crippen LogP contribution in [0.1, 0.15) is 25.3 Å². The zero-order valence-electron chi connectivity index (χ0n) is 12.7. The number of anilines is 1. The topological polar surface area (TPSA) is 65.4 Å². The van der Waals surface area contributed by atoms with Crippen molar-refractivity contribution in [3.8, 4) is 6.07 Å². The van der Waals surface area contributed by atoms with Gasteiger partial charge in [0.1, 0.15) is 17.5 Å². The smallest absolute Gasteiger partial charge is 0.144 e. The minimum Gasteiger partial charge on any atom is -0.383 e. The molecule has 0 saturated heterocycles. The summed E-state index contributed by atoms with van der Waals surface area (Å²) in [6.07, 6.45) is 2.05. The van der Waals surface area contributed by atoms with E-state index in [4.69, 9.17) is 10.8 Å². The summed E-state index contributed by atoms with van der Waals surface area (Å²) >= 11 is 1.80. The normalized spacial score (nSPS) is 17.8. The molecule has 0 saturated carbocycles. The fourth-order valence-electron chi connectivity index (χ4n) is 2.71. The van der Waals surface area contributed by atoms with Gasteiger partial charge in [-0.15, -0.1) is 0 Å². The van der Waals surface area contributed by atoms with Crippen LogP contribution in [0.5, 0.6) is 0 Å². The predicted molar refractivity (Wildman–Crippen MR) is 92.7 cm³/mol. The lowest BCUT2D eigenvalue weighted by molar-refractivity contribution is 0.844. The third-order valence-electron chi connectivity index (χ3n) is 3.83. The number of nitriles is 1. The van der Waals surface area contributed by atoms with Crippen molar-refractivity contribution in [2.24, 2.45) is 10.8 Å². The number of nitrogens with zero attached hydrogens (tertiary/aromatic N) is 3. The molecule has 2 aliphatic rings. The quantitative estimate of drug-likeness (QED) is 0.909. The Kier molecular flexibility index (Phi) is 3.95. The second-order valence-electron chi connectivity index (χ2n) is 5.58. The van der Waals surface area contributed by atoms with Crippen LogP contribution in [0.2, 0.25) is 0 Å². The lowest BCUT2D eigenvalue weighted by Crippen LogP contribution is -2.33. The van der Waals surface area contributed by atoms with Gasteiger partial charge in [-0.05, 0) is 17.5 Å². The van der Waals surface area contributed by atoms with E-state index in [0.29, 0.717) is 17.3 Å². The van der Waals surface area contributed by atoms with Crippen LogP contribution in [-0.2, 0) is 0 Å². The van der Waals surface area contributed by atoms with E-state index in [-0.39, 0.29) is 0 Å². The van der Waals surface area contributed by atoms with E-state index in [2.05, 4.69) is 26.0 Å². The molecule has 4 nitrogen and oxygen atoms in total. The molecule has 112 valence electrons. The Morgan fingerprint density at radius 3 is 2.86 bits per heavy atom. The van der Waals surface area contributed by atoms with Crippen LogP contribution in [-0.4, -0.2) is 17.2 Å². The summed E-state index contributed by atoms with van der Waals surface area (Å²) in [4.78, 5) is 0. The van der Waals surface area contributed by atoms with Crippen molar-refractivity contribution >= 4 is 23.2 Å². The first-order chi connectivity index (χ1) is 10.6. The molecule has 3 rings (SSSR count). The van der Waals surface area contributed by atoms with Gasteiger partial charge in [-0.1, -0.05) is 38.1 Å². The molecule has 0 amide bonds. The summed E-state index contributed by atoms with van der Waals surface area (Å²) < 4.78 is 0. The molecule has 0 atom stereocenters. The average molecular weight is 310 g/mol. The van der Waals surface area contributed by atoms with E-state index >= 15 is 0 Å². The first-order valence-electron chi connectivity index (χ1n) is 7.28. The summed E-state index contributed by atoms with van der Waals surface area (Å²) in [5.41, 5.74) is 10.8. The molecule has 0 radical (unpaired) electrons. The molecular formula is C17H18N4S. The molecule has 22 heavy (non-hydrogen) atoms. The number of hydrogen-bond acceptors (Lipinski definition) is 5. The highest BCUT2D eigenvalue weighted by Crippen LogP contribution is 2.34. The molecule has 1 aromatic rings. The summed E-state index contributed by atoms with van der Waals surface area (Å²) in [6, 6.07) is 10.3. The molecule has 1 aromatic carbocycles. The van der Waals surface area contributed by atoms with Gasteiger partial charge in [0.15, 0.2) is 0 Å². The first-order valence-corrected chi connectivity index (χ1v) is 8.44. The number of fused-ring (bicyclic) bond motifs is 1. The largest absolute Gasteiger partial charge is 0.383 e. The summed E-state index contributed by atoms with van der Waals surface area (Å²) in [6.45, 7) is 4.28. The highest BCUT2D eigenvalue weighted by atomic mass is 32.2. The molecule has 0 spiro atoms. The maximum Gasteiger partial charge on any atom is 0.144 e. The van der Waals surface area contributed by atoms with Crippen LogP contribution in [0.3, 0.4) is 0 Å². The maximum atomic E-state index is 9.53. The number of allylic oxidation sites excluding steroid dienone is 2. The lowest BCUT2D eigenvalue weighted by atomic mass is 9.98. The van der Waals surface area contributed by atoms with Crippen LogP contribution in [0.15, 0.2) is 52.4 Å². The number of rotatable bonds is 2. The van der Waals surface area contributed by atoms with E-state index < -0.39 is 0 Å². The molecule has 2 N–H and O–H groups in total. The molecule has 0 unspecified atom stereocenters. The highest BCUT2D eigenvalue weighted by molar-refractivity contribution is 8.00. The number of para-hydroxylation sites is 1. The average Bonchev–Trinajstić information content (AvgIpc) is 2.54. The number of thioether (sulfide) groups is 1. The maximum absolute atomic E-state index is 9.53. The predicted octanol–water partition coefficient (Wildman–Crippen LogP) is 3.35. The van der Waals surface area contributed by atoms with Gasteiger partial charge in [-0.25, -0.2) is 5.01 Å². The zero-order chi connectivity index (χ0) is 15.7. The van der Waals surface area contributed by atoms with Crippen LogP contribution in [0, 0.1) is 11.3 Å². The highest BCUT2D eigenvalue weighted by Gasteiger charge is 2.28. The summed E-state index contributed by atoms with van der Waals surface area (Å²) in [5, 5.41) is 16.0. The molecule has 0 bridgehead atoms. The lowest BCUT2D eigenvalue weighted by Gasteiger charge is -2.30. The number of benzene rings is 1. The Labute approximate surface area is 135 Å². The molecule has 0 aromatic heterocycles. The van der Waals surface area contributed by atoms with Gasteiger partial charge in [0.2, 0.25) is 0 Å². The minimum atomic E-state index is 0.354.